The Labute approximate surface area is 178 Å². The van der Waals surface area contributed by atoms with Crippen LogP contribution in [0.4, 0.5) is 11.5 Å². The van der Waals surface area contributed by atoms with E-state index in [1.807, 2.05) is 13.8 Å². The highest BCUT2D eigenvalue weighted by Gasteiger charge is 2.22. The normalized spacial score (nSPS) is 11.2. The predicted octanol–water partition coefficient (Wildman–Crippen LogP) is 3.68. The molecule has 7 nitrogen and oxygen atoms in total. The fourth-order valence-corrected chi connectivity index (χ4v) is 3.40. The predicted molar refractivity (Wildman–Crippen MR) is 119 cm³/mol. The fraction of sp³-hybridized carbons (Fsp3) is 0.350. The largest absolute Gasteiger partial charge is 0.383 e. The van der Waals surface area contributed by atoms with Gasteiger partial charge in [-0.1, -0.05) is 43.5 Å². The van der Waals surface area contributed by atoms with Gasteiger partial charge in [-0.3, -0.25) is 19.1 Å². The van der Waals surface area contributed by atoms with E-state index in [9.17, 15) is 14.4 Å². The first-order valence-corrected chi connectivity index (χ1v) is 10.1. The Bertz CT molecular complexity index is 1010. The molecular formula is C20H24Cl2N4O3. The SMILES string of the molecule is CCCCn1c(N)c(N(CCC)C(=O)/C=C/c2cc(Cl)cc(Cl)c2)c(=O)[nH]c1=O. The van der Waals surface area contributed by atoms with Crippen molar-refractivity contribution in [2.24, 2.45) is 0 Å². The number of nitrogens with zero attached hydrogens (tertiary/aromatic N) is 2. The van der Waals surface area contributed by atoms with Gasteiger partial charge in [-0.05, 0) is 42.7 Å². The quantitative estimate of drug-likeness (QED) is 0.613. The molecule has 0 bridgehead atoms. The van der Waals surface area contributed by atoms with Gasteiger partial charge in [0.05, 0.1) is 0 Å². The molecule has 9 heteroatoms. The van der Waals surface area contributed by atoms with Crippen LogP contribution in [0.1, 0.15) is 38.7 Å². The fourth-order valence-electron chi connectivity index (χ4n) is 2.86. The highest BCUT2D eigenvalue weighted by atomic mass is 35.5. The lowest BCUT2D eigenvalue weighted by Gasteiger charge is -2.23. The highest BCUT2D eigenvalue weighted by molar-refractivity contribution is 6.34. The number of aromatic amines is 1. The van der Waals surface area contributed by atoms with Crippen LogP contribution in [0, 0.1) is 0 Å². The number of anilines is 2. The first-order valence-electron chi connectivity index (χ1n) is 9.36. The molecule has 1 aromatic carbocycles. The van der Waals surface area contributed by atoms with Crippen LogP contribution in [0.5, 0.6) is 0 Å². The summed E-state index contributed by atoms with van der Waals surface area (Å²) in [5.74, 6) is -0.464. The number of unbranched alkanes of at least 4 members (excludes halogenated alkanes) is 1. The minimum absolute atomic E-state index is 0.0202. The summed E-state index contributed by atoms with van der Waals surface area (Å²) >= 11 is 12.0. The van der Waals surface area contributed by atoms with Gasteiger partial charge in [-0.25, -0.2) is 4.79 Å². The number of halogens is 2. The van der Waals surface area contributed by atoms with Crippen LogP contribution in [-0.2, 0) is 11.3 Å². The highest BCUT2D eigenvalue weighted by Crippen LogP contribution is 2.21. The third-order valence-electron chi connectivity index (χ3n) is 4.24. The molecule has 0 saturated carbocycles. The second kappa shape index (κ2) is 10.3. The van der Waals surface area contributed by atoms with Crippen molar-refractivity contribution >= 4 is 46.7 Å². The number of benzene rings is 1. The van der Waals surface area contributed by atoms with Crippen LogP contribution in [0.3, 0.4) is 0 Å². The summed E-state index contributed by atoms with van der Waals surface area (Å²) in [7, 11) is 0. The van der Waals surface area contributed by atoms with Gasteiger partial charge < -0.3 is 10.6 Å². The van der Waals surface area contributed by atoms with Gasteiger partial charge in [0.1, 0.15) is 5.82 Å². The lowest BCUT2D eigenvalue weighted by atomic mass is 10.2. The monoisotopic (exact) mass is 438 g/mol. The van der Waals surface area contributed by atoms with Gasteiger partial charge >= 0.3 is 5.69 Å². The van der Waals surface area contributed by atoms with Crippen molar-refractivity contribution in [3.05, 3.63) is 60.7 Å². The second-order valence-electron chi connectivity index (χ2n) is 6.52. The summed E-state index contributed by atoms with van der Waals surface area (Å²) in [6.45, 7) is 4.47. The maximum absolute atomic E-state index is 12.9. The molecule has 29 heavy (non-hydrogen) atoms. The van der Waals surface area contributed by atoms with Crippen molar-refractivity contribution in [2.75, 3.05) is 17.2 Å². The molecule has 1 amide bonds. The summed E-state index contributed by atoms with van der Waals surface area (Å²) in [4.78, 5) is 41.0. The Morgan fingerprint density at radius 3 is 2.41 bits per heavy atom. The Hall–Kier alpha value is -2.51. The Balaban J connectivity index is 2.45. The van der Waals surface area contributed by atoms with E-state index >= 15 is 0 Å². The van der Waals surface area contributed by atoms with Crippen molar-refractivity contribution in [1.82, 2.24) is 9.55 Å². The number of aromatic nitrogens is 2. The molecule has 0 spiro atoms. The zero-order chi connectivity index (χ0) is 21.6. The number of H-pyrrole nitrogens is 1. The first kappa shape index (κ1) is 22.8. The Morgan fingerprint density at radius 2 is 1.83 bits per heavy atom. The van der Waals surface area contributed by atoms with Gasteiger partial charge in [-0.2, -0.15) is 0 Å². The number of nitrogens with one attached hydrogen (secondary N) is 1. The molecule has 0 atom stereocenters. The van der Waals surface area contributed by atoms with Crippen LogP contribution in [0.2, 0.25) is 10.0 Å². The molecule has 0 fully saturated rings. The van der Waals surface area contributed by atoms with E-state index in [1.54, 1.807) is 24.3 Å². The third kappa shape index (κ3) is 5.74. The topological polar surface area (TPSA) is 101 Å². The zero-order valence-electron chi connectivity index (χ0n) is 16.4. The van der Waals surface area contributed by atoms with Crippen molar-refractivity contribution in [3.8, 4) is 0 Å². The summed E-state index contributed by atoms with van der Waals surface area (Å²) in [5.41, 5.74) is 5.47. The average molecular weight is 439 g/mol. The molecule has 0 aliphatic heterocycles. The summed E-state index contributed by atoms with van der Waals surface area (Å²) in [5, 5.41) is 0.886. The number of rotatable bonds is 8. The van der Waals surface area contributed by atoms with Crippen molar-refractivity contribution < 1.29 is 4.79 Å². The molecule has 0 radical (unpaired) electrons. The molecule has 1 aromatic heterocycles. The van der Waals surface area contributed by atoms with E-state index < -0.39 is 17.2 Å². The minimum Gasteiger partial charge on any atom is -0.383 e. The molecular weight excluding hydrogens is 415 g/mol. The molecule has 156 valence electrons. The maximum atomic E-state index is 12.9. The van der Waals surface area contributed by atoms with E-state index in [-0.39, 0.29) is 18.1 Å². The number of hydrogen-bond acceptors (Lipinski definition) is 4. The third-order valence-corrected chi connectivity index (χ3v) is 4.67. The molecule has 0 saturated heterocycles. The van der Waals surface area contributed by atoms with E-state index in [1.165, 1.54) is 15.5 Å². The molecule has 2 aromatic rings. The molecule has 3 N–H and O–H groups in total. The lowest BCUT2D eigenvalue weighted by molar-refractivity contribution is -0.114. The van der Waals surface area contributed by atoms with E-state index in [0.717, 1.165) is 6.42 Å². The number of carbonyl (C=O) groups is 1. The van der Waals surface area contributed by atoms with Gasteiger partial charge in [0.25, 0.3) is 11.5 Å². The Kier molecular flexibility index (Phi) is 8.10. The molecule has 0 unspecified atom stereocenters. The van der Waals surface area contributed by atoms with E-state index in [2.05, 4.69) is 4.98 Å². The average Bonchev–Trinajstić information content (AvgIpc) is 2.64. The van der Waals surface area contributed by atoms with Gasteiger partial charge in [0.2, 0.25) is 0 Å². The van der Waals surface area contributed by atoms with Gasteiger partial charge in [0, 0.05) is 29.2 Å². The number of amides is 1. The summed E-state index contributed by atoms with van der Waals surface area (Å²) < 4.78 is 1.29. The number of hydrogen-bond donors (Lipinski definition) is 2. The van der Waals surface area contributed by atoms with Crippen LogP contribution >= 0.6 is 23.2 Å². The van der Waals surface area contributed by atoms with Crippen molar-refractivity contribution in [1.29, 1.82) is 0 Å². The Morgan fingerprint density at radius 1 is 1.17 bits per heavy atom. The zero-order valence-corrected chi connectivity index (χ0v) is 17.9. The van der Waals surface area contributed by atoms with Crippen LogP contribution in [0.15, 0.2) is 33.9 Å². The molecule has 2 rings (SSSR count). The van der Waals surface area contributed by atoms with Crippen LogP contribution in [-0.4, -0.2) is 22.0 Å². The lowest BCUT2D eigenvalue weighted by Crippen LogP contribution is -2.41. The number of nitrogen functional groups attached to an aromatic ring is 1. The number of carbonyl (C=O) groups excluding carboxylic acids is 1. The summed E-state index contributed by atoms with van der Waals surface area (Å²) in [6, 6.07) is 4.91. The molecule has 0 aliphatic rings. The summed E-state index contributed by atoms with van der Waals surface area (Å²) in [6.07, 6.45) is 5.03. The number of nitrogens with two attached hydrogens (primary N) is 1. The van der Waals surface area contributed by atoms with Crippen molar-refractivity contribution in [2.45, 2.75) is 39.7 Å². The first-order chi connectivity index (χ1) is 13.8. The van der Waals surface area contributed by atoms with E-state index in [0.29, 0.717) is 35.0 Å². The minimum atomic E-state index is -0.693. The standard InChI is InChI=1S/C20H24Cl2N4O3/c1-3-5-9-26-18(23)17(19(28)24-20(26)29)25(8-4-2)16(27)7-6-13-10-14(21)12-15(22)11-13/h6-7,10-12H,3-5,8-9,23H2,1-2H3,(H,24,28,29)/b7-6+. The van der Waals surface area contributed by atoms with Gasteiger partial charge in [0.15, 0.2) is 5.69 Å². The second-order valence-corrected chi connectivity index (χ2v) is 7.40. The van der Waals surface area contributed by atoms with Crippen molar-refractivity contribution in [3.63, 3.8) is 0 Å². The van der Waals surface area contributed by atoms with E-state index in [4.69, 9.17) is 28.9 Å². The molecule has 0 aliphatic carbocycles. The molecule has 1 heterocycles. The smallest absolute Gasteiger partial charge is 0.330 e. The van der Waals surface area contributed by atoms with Crippen LogP contribution in [0.25, 0.3) is 6.08 Å². The maximum Gasteiger partial charge on any atom is 0.330 e. The van der Waals surface area contributed by atoms with Gasteiger partial charge in [-0.15, -0.1) is 0 Å². The van der Waals surface area contributed by atoms with Crippen LogP contribution < -0.4 is 21.9 Å².